The Hall–Kier alpha value is -3.26. The Labute approximate surface area is 210 Å². The number of Topliss-reactive ketones (excluding diaryl/α,β-unsaturated/α-hetero) is 1. The third-order valence-corrected chi connectivity index (χ3v) is 5.84. The van der Waals surface area contributed by atoms with Crippen LogP contribution >= 0.6 is 34.8 Å². The number of hydrogen-bond acceptors (Lipinski definition) is 5. The average Bonchev–Trinajstić information content (AvgIpc) is 3.42. The first-order chi connectivity index (χ1) is 16.3. The molecule has 0 atom stereocenters. The third-order valence-electron chi connectivity index (χ3n) is 4.86. The number of anilines is 1. The van der Waals surface area contributed by atoms with Gasteiger partial charge >= 0.3 is 0 Å². The highest BCUT2D eigenvalue weighted by Gasteiger charge is 2.17. The van der Waals surface area contributed by atoms with Gasteiger partial charge in [-0.25, -0.2) is 0 Å². The van der Waals surface area contributed by atoms with Gasteiger partial charge in [-0.3, -0.25) is 14.3 Å². The highest BCUT2D eigenvalue weighted by molar-refractivity contribution is 6.36. The van der Waals surface area contributed by atoms with E-state index in [1.807, 2.05) is 0 Å². The number of ether oxygens (including phenoxy) is 1. The molecule has 2 heterocycles. The highest BCUT2D eigenvalue weighted by atomic mass is 35.5. The van der Waals surface area contributed by atoms with Gasteiger partial charge in [-0.05, 0) is 55.5 Å². The van der Waals surface area contributed by atoms with Crippen molar-refractivity contribution >= 4 is 52.3 Å². The van der Waals surface area contributed by atoms with Crippen molar-refractivity contribution in [2.75, 3.05) is 5.32 Å². The molecule has 0 aliphatic rings. The Balaban J connectivity index is 1.37. The quantitative estimate of drug-likeness (QED) is 0.268. The van der Waals surface area contributed by atoms with Crippen LogP contribution in [0.3, 0.4) is 0 Å². The molecule has 0 bridgehead atoms. The standard InChI is InChI=1S/C24H18Cl3N3O4/c1-14(31)15-5-7-16(8-6-15)33-13-17-9-10-22(34-17)24(32)28-23-21(27)12-30(29-23)11-18-19(25)3-2-4-20(18)26/h2-10,12H,11,13H2,1H3,(H,28,29,32). The van der Waals surface area contributed by atoms with E-state index in [1.54, 1.807) is 54.7 Å². The van der Waals surface area contributed by atoms with E-state index in [4.69, 9.17) is 44.0 Å². The molecule has 1 amide bonds. The maximum absolute atomic E-state index is 12.6. The number of benzene rings is 2. The summed E-state index contributed by atoms with van der Waals surface area (Å²) in [6, 6.07) is 15.1. The summed E-state index contributed by atoms with van der Waals surface area (Å²) >= 11 is 18.7. The molecule has 0 spiro atoms. The number of halogens is 3. The predicted octanol–water partition coefficient (Wildman–Crippen LogP) is 6.52. The van der Waals surface area contributed by atoms with Crippen molar-refractivity contribution in [3.05, 3.63) is 98.5 Å². The lowest BCUT2D eigenvalue weighted by atomic mass is 10.1. The summed E-state index contributed by atoms with van der Waals surface area (Å²) in [4.78, 5) is 24.0. The maximum atomic E-state index is 12.6. The van der Waals surface area contributed by atoms with Crippen LogP contribution in [-0.2, 0) is 13.2 Å². The second-order valence-electron chi connectivity index (χ2n) is 7.31. The summed E-state index contributed by atoms with van der Waals surface area (Å²) in [5.74, 6) is 0.736. The molecule has 0 aliphatic carbocycles. The average molecular weight is 519 g/mol. The first-order valence-electron chi connectivity index (χ1n) is 10.1. The third kappa shape index (κ3) is 5.62. The van der Waals surface area contributed by atoms with E-state index >= 15 is 0 Å². The number of hydrogen-bond donors (Lipinski definition) is 1. The van der Waals surface area contributed by atoms with Crippen LogP contribution in [0.4, 0.5) is 5.82 Å². The Morgan fingerprint density at radius 1 is 1.00 bits per heavy atom. The highest BCUT2D eigenvalue weighted by Crippen LogP contribution is 2.27. The van der Waals surface area contributed by atoms with E-state index < -0.39 is 5.91 Å². The molecule has 174 valence electrons. The molecule has 0 saturated heterocycles. The van der Waals surface area contributed by atoms with Gasteiger partial charge in [0.25, 0.3) is 5.91 Å². The summed E-state index contributed by atoms with van der Waals surface area (Å²) in [5, 5.41) is 8.19. The van der Waals surface area contributed by atoms with Gasteiger partial charge in [-0.1, -0.05) is 40.9 Å². The van der Waals surface area contributed by atoms with Crippen LogP contribution in [0.25, 0.3) is 0 Å². The molecule has 10 heteroatoms. The number of nitrogens with zero attached hydrogens (tertiary/aromatic N) is 2. The van der Waals surface area contributed by atoms with Gasteiger partial charge in [0.05, 0.1) is 6.54 Å². The lowest BCUT2D eigenvalue weighted by molar-refractivity contribution is 0.0990. The van der Waals surface area contributed by atoms with Crippen LogP contribution < -0.4 is 10.1 Å². The molecule has 0 unspecified atom stereocenters. The van der Waals surface area contributed by atoms with Crippen molar-refractivity contribution in [3.63, 3.8) is 0 Å². The molecule has 0 radical (unpaired) electrons. The molecule has 1 N–H and O–H groups in total. The molecular formula is C24H18Cl3N3O4. The second-order valence-corrected chi connectivity index (χ2v) is 8.53. The first kappa shape index (κ1) is 23.9. The van der Waals surface area contributed by atoms with E-state index in [9.17, 15) is 9.59 Å². The molecule has 0 aliphatic heterocycles. The number of amides is 1. The molecular weight excluding hydrogens is 501 g/mol. The maximum Gasteiger partial charge on any atom is 0.292 e. The Morgan fingerprint density at radius 2 is 1.71 bits per heavy atom. The number of furan rings is 1. The summed E-state index contributed by atoms with van der Waals surface area (Å²) in [7, 11) is 0. The van der Waals surface area contributed by atoms with Gasteiger partial charge in [0.1, 0.15) is 23.1 Å². The van der Waals surface area contributed by atoms with Crippen LogP contribution in [0.15, 0.2) is 65.2 Å². The number of rotatable bonds is 8. The summed E-state index contributed by atoms with van der Waals surface area (Å²) in [6.07, 6.45) is 1.57. The van der Waals surface area contributed by atoms with Gasteiger partial charge < -0.3 is 14.5 Å². The van der Waals surface area contributed by atoms with Crippen molar-refractivity contribution in [2.24, 2.45) is 0 Å². The first-order valence-corrected chi connectivity index (χ1v) is 11.2. The SMILES string of the molecule is CC(=O)c1ccc(OCc2ccc(C(=O)Nc3nn(Cc4c(Cl)cccc4Cl)cc3Cl)o2)cc1. The van der Waals surface area contributed by atoms with Gasteiger partial charge in [-0.15, -0.1) is 0 Å². The van der Waals surface area contributed by atoms with Gasteiger partial charge in [-0.2, -0.15) is 5.10 Å². The largest absolute Gasteiger partial charge is 0.486 e. The van der Waals surface area contributed by atoms with E-state index in [-0.39, 0.29) is 35.5 Å². The molecule has 7 nitrogen and oxygen atoms in total. The number of nitrogens with one attached hydrogen (secondary N) is 1. The van der Waals surface area contributed by atoms with E-state index in [0.29, 0.717) is 32.7 Å². The van der Waals surface area contributed by atoms with Crippen LogP contribution in [-0.4, -0.2) is 21.5 Å². The summed E-state index contributed by atoms with van der Waals surface area (Å²) in [6.45, 7) is 1.89. The molecule has 0 saturated carbocycles. The van der Waals surface area contributed by atoms with Crippen molar-refractivity contribution in [1.82, 2.24) is 9.78 Å². The lowest BCUT2D eigenvalue weighted by Gasteiger charge is -2.06. The summed E-state index contributed by atoms with van der Waals surface area (Å²) in [5.41, 5.74) is 1.29. The smallest absolute Gasteiger partial charge is 0.292 e. The number of carbonyl (C=O) groups excluding carboxylic acids is 2. The fourth-order valence-electron chi connectivity index (χ4n) is 3.10. The van der Waals surface area contributed by atoms with Crippen molar-refractivity contribution in [2.45, 2.75) is 20.1 Å². The molecule has 4 rings (SSSR count). The number of carbonyl (C=O) groups is 2. The van der Waals surface area contributed by atoms with Crippen molar-refractivity contribution < 1.29 is 18.7 Å². The van der Waals surface area contributed by atoms with Gasteiger partial charge in [0, 0.05) is 27.4 Å². The molecule has 34 heavy (non-hydrogen) atoms. The molecule has 0 fully saturated rings. The molecule has 2 aromatic carbocycles. The van der Waals surface area contributed by atoms with Crippen LogP contribution in [0, 0.1) is 0 Å². The topological polar surface area (TPSA) is 86.4 Å². The minimum absolute atomic E-state index is 0.0224. The lowest BCUT2D eigenvalue weighted by Crippen LogP contribution is -2.12. The molecule has 4 aromatic rings. The van der Waals surface area contributed by atoms with E-state index in [1.165, 1.54) is 17.7 Å². The van der Waals surface area contributed by atoms with Gasteiger partial charge in [0.2, 0.25) is 0 Å². The summed E-state index contributed by atoms with van der Waals surface area (Å²) < 4.78 is 12.7. The van der Waals surface area contributed by atoms with Crippen LogP contribution in [0.2, 0.25) is 15.1 Å². The van der Waals surface area contributed by atoms with E-state index in [0.717, 1.165) is 0 Å². The monoisotopic (exact) mass is 517 g/mol. The minimum atomic E-state index is -0.514. The zero-order valence-electron chi connectivity index (χ0n) is 17.8. The number of aromatic nitrogens is 2. The Kier molecular flexibility index (Phi) is 7.26. The Bertz CT molecular complexity index is 1330. The van der Waals surface area contributed by atoms with Crippen molar-refractivity contribution in [3.8, 4) is 5.75 Å². The molecule has 2 aromatic heterocycles. The van der Waals surface area contributed by atoms with Crippen LogP contribution in [0.5, 0.6) is 5.75 Å². The van der Waals surface area contributed by atoms with Gasteiger partial charge in [0.15, 0.2) is 17.4 Å². The zero-order valence-corrected chi connectivity index (χ0v) is 20.1. The normalized spacial score (nSPS) is 10.8. The Morgan fingerprint density at radius 3 is 2.38 bits per heavy atom. The van der Waals surface area contributed by atoms with E-state index in [2.05, 4.69) is 10.4 Å². The fraction of sp³-hybridized carbons (Fsp3) is 0.125. The second kappa shape index (κ2) is 10.3. The fourth-order valence-corrected chi connectivity index (χ4v) is 3.81. The number of ketones is 1. The predicted molar refractivity (Wildman–Crippen MR) is 130 cm³/mol. The minimum Gasteiger partial charge on any atom is -0.486 e. The zero-order chi connectivity index (χ0) is 24.2. The van der Waals surface area contributed by atoms with Crippen molar-refractivity contribution in [1.29, 1.82) is 0 Å². The van der Waals surface area contributed by atoms with Crippen LogP contribution in [0.1, 0.15) is 39.2 Å².